The highest BCUT2D eigenvalue weighted by Gasteiger charge is 2.14. The molecule has 0 spiro atoms. The molecule has 0 saturated heterocycles. The summed E-state index contributed by atoms with van der Waals surface area (Å²) in [4.78, 5) is 7.31. The van der Waals surface area contributed by atoms with Crippen LogP contribution in [-0.2, 0) is 6.54 Å². The Bertz CT molecular complexity index is 413. The van der Waals surface area contributed by atoms with Gasteiger partial charge >= 0.3 is 0 Å². The Labute approximate surface area is 131 Å². The van der Waals surface area contributed by atoms with Gasteiger partial charge in [-0.25, -0.2) is 4.98 Å². The Morgan fingerprint density at radius 1 is 1.10 bits per heavy atom. The fourth-order valence-electron chi connectivity index (χ4n) is 2.43. The van der Waals surface area contributed by atoms with Gasteiger partial charge in [-0.15, -0.1) is 0 Å². The highest BCUT2D eigenvalue weighted by atomic mass is 15.2. The number of nitrogens with zero attached hydrogens (tertiary/aromatic N) is 2. The molecular formula is C18H33N3. The standard InChI is InChI=1S/C18H33N3/c1-7-9-19-13-16-11-17(14(3)4)20-18(12-16)21(10-8-2)15(5)6/h11-12,14-15,19H,7-10,13H2,1-6H3. The average Bonchev–Trinajstić information content (AvgIpc) is 2.44. The maximum atomic E-state index is 4.90. The number of anilines is 1. The minimum Gasteiger partial charge on any atom is -0.354 e. The van der Waals surface area contributed by atoms with E-state index in [9.17, 15) is 0 Å². The molecule has 0 aliphatic carbocycles. The molecule has 1 aromatic rings. The largest absolute Gasteiger partial charge is 0.354 e. The van der Waals surface area contributed by atoms with Crippen LogP contribution >= 0.6 is 0 Å². The molecule has 3 heteroatoms. The summed E-state index contributed by atoms with van der Waals surface area (Å²) < 4.78 is 0. The molecule has 0 aliphatic rings. The van der Waals surface area contributed by atoms with Gasteiger partial charge in [-0.3, -0.25) is 0 Å². The predicted molar refractivity (Wildman–Crippen MR) is 93.1 cm³/mol. The van der Waals surface area contributed by atoms with Crippen LogP contribution in [0.25, 0.3) is 0 Å². The Morgan fingerprint density at radius 2 is 1.81 bits per heavy atom. The van der Waals surface area contributed by atoms with Crippen molar-refractivity contribution in [3.63, 3.8) is 0 Å². The number of hydrogen-bond acceptors (Lipinski definition) is 3. The molecule has 21 heavy (non-hydrogen) atoms. The number of aromatic nitrogens is 1. The molecule has 0 radical (unpaired) electrons. The van der Waals surface area contributed by atoms with Gasteiger partial charge in [0.25, 0.3) is 0 Å². The molecule has 1 rings (SSSR count). The van der Waals surface area contributed by atoms with Crippen molar-refractivity contribution in [1.82, 2.24) is 10.3 Å². The third-order valence-electron chi connectivity index (χ3n) is 3.62. The Balaban J connectivity index is 3.05. The van der Waals surface area contributed by atoms with Gasteiger partial charge in [-0.05, 0) is 56.8 Å². The molecule has 0 amide bonds. The van der Waals surface area contributed by atoms with Gasteiger partial charge in [0.15, 0.2) is 0 Å². The van der Waals surface area contributed by atoms with Crippen LogP contribution in [0.4, 0.5) is 5.82 Å². The highest BCUT2D eigenvalue weighted by molar-refractivity contribution is 5.44. The van der Waals surface area contributed by atoms with Crippen LogP contribution in [0.5, 0.6) is 0 Å². The second-order valence-electron chi connectivity index (χ2n) is 6.38. The molecule has 3 nitrogen and oxygen atoms in total. The van der Waals surface area contributed by atoms with Crippen molar-refractivity contribution in [3.8, 4) is 0 Å². The molecule has 0 bridgehead atoms. The van der Waals surface area contributed by atoms with E-state index in [-0.39, 0.29) is 0 Å². The molecule has 1 heterocycles. The minimum atomic E-state index is 0.463. The Hall–Kier alpha value is -1.09. The van der Waals surface area contributed by atoms with E-state index in [1.807, 2.05) is 0 Å². The first-order valence-electron chi connectivity index (χ1n) is 8.47. The smallest absolute Gasteiger partial charge is 0.129 e. The topological polar surface area (TPSA) is 28.2 Å². The van der Waals surface area contributed by atoms with Gasteiger partial charge in [-0.1, -0.05) is 27.7 Å². The van der Waals surface area contributed by atoms with Crippen molar-refractivity contribution in [2.24, 2.45) is 0 Å². The molecular weight excluding hydrogens is 258 g/mol. The third-order valence-corrected chi connectivity index (χ3v) is 3.62. The van der Waals surface area contributed by atoms with Gasteiger partial charge < -0.3 is 10.2 Å². The quantitative estimate of drug-likeness (QED) is 0.686. The van der Waals surface area contributed by atoms with E-state index in [2.05, 4.69) is 63.9 Å². The molecule has 0 atom stereocenters. The van der Waals surface area contributed by atoms with E-state index in [1.165, 1.54) is 17.7 Å². The van der Waals surface area contributed by atoms with Crippen molar-refractivity contribution in [2.45, 2.75) is 72.9 Å². The zero-order chi connectivity index (χ0) is 15.8. The molecule has 1 aromatic heterocycles. The normalized spacial score (nSPS) is 11.4. The molecule has 0 aliphatic heterocycles. The van der Waals surface area contributed by atoms with Crippen LogP contribution in [0.2, 0.25) is 0 Å². The first-order chi connectivity index (χ1) is 9.99. The van der Waals surface area contributed by atoms with Crippen LogP contribution in [0.1, 0.15) is 71.6 Å². The molecule has 0 fully saturated rings. The first-order valence-corrected chi connectivity index (χ1v) is 8.47. The predicted octanol–water partition coefficient (Wildman–Crippen LogP) is 4.33. The maximum Gasteiger partial charge on any atom is 0.129 e. The summed E-state index contributed by atoms with van der Waals surface area (Å²) in [7, 11) is 0. The average molecular weight is 291 g/mol. The molecule has 120 valence electrons. The SMILES string of the molecule is CCCNCc1cc(C(C)C)nc(N(CCC)C(C)C)c1. The molecule has 0 saturated carbocycles. The number of nitrogens with one attached hydrogen (secondary N) is 1. The highest BCUT2D eigenvalue weighted by Crippen LogP contribution is 2.22. The molecule has 0 unspecified atom stereocenters. The van der Waals surface area contributed by atoms with Crippen LogP contribution in [0.15, 0.2) is 12.1 Å². The Morgan fingerprint density at radius 3 is 2.33 bits per heavy atom. The lowest BCUT2D eigenvalue weighted by Crippen LogP contribution is -2.32. The fourth-order valence-corrected chi connectivity index (χ4v) is 2.43. The van der Waals surface area contributed by atoms with Crippen molar-refractivity contribution >= 4 is 5.82 Å². The van der Waals surface area contributed by atoms with E-state index < -0.39 is 0 Å². The molecule has 1 N–H and O–H groups in total. The van der Waals surface area contributed by atoms with Crippen molar-refractivity contribution in [1.29, 1.82) is 0 Å². The maximum absolute atomic E-state index is 4.90. The second-order valence-corrected chi connectivity index (χ2v) is 6.38. The van der Waals surface area contributed by atoms with E-state index in [1.54, 1.807) is 0 Å². The zero-order valence-electron chi connectivity index (χ0n) is 14.7. The summed E-state index contributed by atoms with van der Waals surface area (Å²) in [5, 5.41) is 3.50. The van der Waals surface area contributed by atoms with Crippen LogP contribution in [0, 0.1) is 0 Å². The van der Waals surface area contributed by atoms with Crippen LogP contribution in [0.3, 0.4) is 0 Å². The summed E-state index contributed by atoms with van der Waals surface area (Å²) in [6.07, 6.45) is 2.32. The van der Waals surface area contributed by atoms with Gasteiger partial charge in [0, 0.05) is 24.8 Å². The lowest BCUT2D eigenvalue weighted by atomic mass is 10.1. The van der Waals surface area contributed by atoms with Gasteiger partial charge in [0.1, 0.15) is 5.82 Å². The number of hydrogen-bond donors (Lipinski definition) is 1. The van der Waals surface area contributed by atoms with Crippen molar-refractivity contribution in [2.75, 3.05) is 18.0 Å². The third kappa shape index (κ3) is 5.66. The zero-order valence-corrected chi connectivity index (χ0v) is 14.7. The summed E-state index contributed by atoms with van der Waals surface area (Å²) in [5.74, 6) is 1.59. The summed E-state index contributed by atoms with van der Waals surface area (Å²) in [6.45, 7) is 16.4. The van der Waals surface area contributed by atoms with E-state index >= 15 is 0 Å². The number of rotatable bonds is 9. The van der Waals surface area contributed by atoms with E-state index in [0.29, 0.717) is 12.0 Å². The summed E-state index contributed by atoms with van der Waals surface area (Å²) in [6, 6.07) is 4.99. The summed E-state index contributed by atoms with van der Waals surface area (Å²) in [5.41, 5.74) is 2.54. The second kappa shape index (κ2) is 9.04. The van der Waals surface area contributed by atoms with Crippen LogP contribution in [-0.4, -0.2) is 24.1 Å². The van der Waals surface area contributed by atoms with E-state index in [4.69, 9.17) is 4.98 Å². The lowest BCUT2D eigenvalue weighted by Gasteiger charge is -2.28. The van der Waals surface area contributed by atoms with Gasteiger partial charge in [0.2, 0.25) is 0 Å². The van der Waals surface area contributed by atoms with E-state index in [0.717, 1.165) is 31.9 Å². The monoisotopic (exact) mass is 291 g/mol. The van der Waals surface area contributed by atoms with Gasteiger partial charge in [-0.2, -0.15) is 0 Å². The van der Waals surface area contributed by atoms with Crippen molar-refractivity contribution in [3.05, 3.63) is 23.4 Å². The number of pyridine rings is 1. The Kier molecular flexibility index (Phi) is 7.73. The lowest BCUT2D eigenvalue weighted by molar-refractivity contribution is 0.650. The van der Waals surface area contributed by atoms with Crippen LogP contribution < -0.4 is 10.2 Å². The summed E-state index contributed by atoms with van der Waals surface area (Å²) >= 11 is 0. The minimum absolute atomic E-state index is 0.463. The molecule has 0 aromatic carbocycles. The first kappa shape index (κ1) is 18.0. The van der Waals surface area contributed by atoms with Gasteiger partial charge in [0.05, 0.1) is 0 Å². The fraction of sp³-hybridized carbons (Fsp3) is 0.722. The van der Waals surface area contributed by atoms with Crippen molar-refractivity contribution < 1.29 is 0 Å².